The molecule has 6 heteroatoms. The fraction of sp³-hybridized carbons (Fsp3) is 0.0526. The van der Waals surface area contributed by atoms with Crippen molar-refractivity contribution in [3.63, 3.8) is 0 Å². The Labute approximate surface area is 144 Å². The van der Waals surface area contributed by atoms with Gasteiger partial charge in [-0.2, -0.15) is 0 Å². The van der Waals surface area contributed by atoms with Gasteiger partial charge in [0.2, 0.25) is 0 Å². The zero-order valence-electron chi connectivity index (χ0n) is 13.5. The van der Waals surface area contributed by atoms with Gasteiger partial charge in [0.1, 0.15) is 23.0 Å². The molecule has 2 aromatic carbocycles. The van der Waals surface area contributed by atoms with E-state index in [1.807, 2.05) is 47.0 Å². The molecule has 2 N–H and O–H groups in total. The van der Waals surface area contributed by atoms with Gasteiger partial charge in [0.25, 0.3) is 0 Å². The quantitative estimate of drug-likeness (QED) is 0.594. The molecule has 0 saturated heterocycles. The predicted octanol–water partition coefficient (Wildman–Crippen LogP) is 3.85. The molecule has 0 unspecified atom stereocenters. The van der Waals surface area contributed by atoms with E-state index >= 15 is 0 Å². The maximum atomic E-state index is 10.3. The monoisotopic (exact) mass is 332 g/mol. The fourth-order valence-electron chi connectivity index (χ4n) is 2.76. The molecule has 0 fully saturated rings. The van der Waals surface area contributed by atoms with Crippen molar-refractivity contribution in [2.45, 2.75) is 0 Å². The summed E-state index contributed by atoms with van der Waals surface area (Å²) in [6, 6.07) is 14.8. The van der Waals surface area contributed by atoms with E-state index in [0.717, 1.165) is 17.3 Å². The van der Waals surface area contributed by atoms with Gasteiger partial charge in [-0.3, -0.25) is 9.38 Å². The summed E-state index contributed by atoms with van der Waals surface area (Å²) >= 11 is 0. The first kappa shape index (κ1) is 15.0. The molecule has 0 aliphatic carbocycles. The van der Waals surface area contributed by atoms with E-state index in [0.29, 0.717) is 16.9 Å². The first-order chi connectivity index (χ1) is 12.3. The van der Waals surface area contributed by atoms with E-state index in [1.165, 1.54) is 0 Å². The zero-order valence-corrected chi connectivity index (χ0v) is 13.5. The number of imidazole rings is 1. The van der Waals surface area contributed by atoms with Gasteiger partial charge in [0.15, 0.2) is 5.65 Å². The first-order valence-corrected chi connectivity index (χ1v) is 7.78. The van der Waals surface area contributed by atoms with Crippen LogP contribution >= 0.6 is 0 Å². The van der Waals surface area contributed by atoms with E-state index in [9.17, 15) is 5.11 Å². The lowest BCUT2D eigenvalue weighted by Gasteiger charge is -2.12. The maximum Gasteiger partial charge on any atom is 0.157 e. The Morgan fingerprint density at radius 1 is 1.08 bits per heavy atom. The van der Waals surface area contributed by atoms with Crippen LogP contribution in [0.15, 0.2) is 67.1 Å². The second-order valence-electron chi connectivity index (χ2n) is 5.46. The van der Waals surface area contributed by atoms with E-state index in [4.69, 9.17) is 4.74 Å². The zero-order chi connectivity index (χ0) is 17.2. The number of aromatic nitrogens is 3. The van der Waals surface area contributed by atoms with Gasteiger partial charge in [-0.25, -0.2) is 4.98 Å². The molecule has 4 aromatic rings. The van der Waals surface area contributed by atoms with Crippen LogP contribution in [0.25, 0.3) is 16.9 Å². The molecule has 25 heavy (non-hydrogen) atoms. The molecule has 0 radical (unpaired) electrons. The average molecular weight is 332 g/mol. The van der Waals surface area contributed by atoms with Crippen LogP contribution in [0.2, 0.25) is 0 Å². The highest BCUT2D eigenvalue weighted by Gasteiger charge is 2.18. The van der Waals surface area contributed by atoms with E-state index < -0.39 is 0 Å². The number of nitrogens with zero attached hydrogens (tertiary/aromatic N) is 3. The Bertz CT molecular complexity index is 1040. The molecular formula is C19H16N4O2. The number of methoxy groups -OCH3 is 1. The molecule has 0 atom stereocenters. The highest BCUT2D eigenvalue weighted by atomic mass is 16.5. The minimum absolute atomic E-state index is 0.168. The number of rotatable bonds is 4. The van der Waals surface area contributed by atoms with Crippen molar-refractivity contribution in [1.29, 1.82) is 0 Å². The molecule has 0 saturated carbocycles. The third-order valence-corrected chi connectivity index (χ3v) is 3.95. The van der Waals surface area contributed by atoms with Crippen molar-refractivity contribution in [1.82, 2.24) is 14.4 Å². The second kappa shape index (κ2) is 6.16. The standard InChI is InChI=1S/C19H16N4O2/c1-25-16-9-5-3-7-14(16)21-19-18(13-6-2-4-8-15(13)24)22-17-12-20-10-11-23(17)19/h2-12,21,24H,1H3. The maximum absolute atomic E-state index is 10.3. The lowest BCUT2D eigenvalue weighted by atomic mass is 10.1. The van der Waals surface area contributed by atoms with E-state index in [1.54, 1.807) is 31.6 Å². The van der Waals surface area contributed by atoms with Gasteiger partial charge >= 0.3 is 0 Å². The summed E-state index contributed by atoms with van der Waals surface area (Å²) < 4.78 is 7.31. The fourth-order valence-corrected chi connectivity index (χ4v) is 2.76. The molecule has 124 valence electrons. The lowest BCUT2D eigenvalue weighted by molar-refractivity contribution is 0.417. The largest absolute Gasteiger partial charge is 0.507 e. The van der Waals surface area contributed by atoms with Gasteiger partial charge in [0, 0.05) is 18.0 Å². The number of hydrogen-bond donors (Lipinski definition) is 2. The average Bonchev–Trinajstić information content (AvgIpc) is 3.01. The van der Waals surface area contributed by atoms with Crippen molar-refractivity contribution in [3.05, 3.63) is 67.1 Å². The van der Waals surface area contributed by atoms with Crippen LogP contribution in [0.1, 0.15) is 0 Å². The van der Waals surface area contributed by atoms with Crippen molar-refractivity contribution in [2.24, 2.45) is 0 Å². The summed E-state index contributed by atoms with van der Waals surface area (Å²) in [5.41, 5.74) is 2.76. The van der Waals surface area contributed by atoms with Gasteiger partial charge in [-0.15, -0.1) is 0 Å². The summed E-state index contributed by atoms with van der Waals surface area (Å²) in [5.74, 6) is 1.61. The van der Waals surface area contributed by atoms with Gasteiger partial charge in [0.05, 0.1) is 19.0 Å². The Morgan fingerprint density at radius 3 is 2.72 bits per heavy atom. The molecule has 6 nitrogen and oxygen atoms in total. The molecule has 0 amide bonds. The summed E-state index contributed by atoms with van der Waals surface area (Å²) in [4.78, 5) is 8.76. The molecule has 0 aliphatic heterocycles. The number of nitrogens with one attached hydrogen (secondary N) is 1. The van der Waals surface area contributed by atoms with Crippen LogP contribution in [0, 0.1) is 0 Å². The molecule has 0 bridgehead atoms. The molecule has 2 heterocycles. The van der Waals surface area contributed by atoms with Crippen molar-refractivity contribution in [3.8, 4) is 22.8 Å². The predicted molar refractivity (Wildman–Crippen MR) is 96.4 cm³/mol. The Hall–Kier alpha value is -3.54. The number of anilines is 2. The smallest absolute Gasteiger partial charge is 0.157 e. The molecule has 2 aromatic heterocycles. The van der Waals surface area contributed by atoms with E-state index in [-0.39, 0.29) is 5.75 Å². The minimum Gasteiger partial charge on any atom is -0.507 e. The number of phenolic OH excluding ortho intramolecular Hbond substituents is 1. The van der Waals surface area contributed by atoms with Crippen LogP contribution in [0.5, 0.6) is 11.5 Å². The summed E-state index contributed by atoms with van der Waals surface area (Å²) in [5, 5.41) is 13.6. The van der Waals surface area contributed by atoms with Crippen LogP contribution in [0.3, 0.4) is 0 Å². The van der Waals surface area contributed by atoms with E-state index in [2.05, 4.69) is 15.3 Å². The Balaban J connectivity index is 1.93. The molecule has 4 rings (SSSR count). The third kappa shape index (κ3) is 2.63. The van der Waals surface area contributed by atoms with Gasteiger partial charge in [-0.05, 0) is 24.3 Å². The van der Waals surface area contributed by atoms with Crippen LogP contribution in [-0.4, -0.2) is 26.6 Å². The Morgan fingerprint density at radius 2 is 1.88 bits per heavy atom. The Kier molecular flexibility index (Phi) is 3.70. The first-order valence-electron chi connectivity index (χ1n) is 7.78. The van der Waals surface area contributed by atoms with Gasteiger partial charge < -0.3 is 15.2 Å². The summed E-state index contributed by atoms with van der Waals surface area (Å²) in [6.45, 7) is 0. The number of fused-ring (bicyclic) bond motifs is 1. The van der Waals surface area contributed by atoms with Gasteiger partial charge in [-0.1, -0.05) is 24.3 Å². The van der Waals surface area contributed by atoms with Crippen LogP contribution < -0.4 is 10.1 Å². The molecule has 0 aliphatic rings. The van der Waals surface area contributed by atoms with Crippen LogP contribution in [0.4, 0.5) is 11.5 Å². The lowest BCUT2D eigenvalue weighted by Crippen LogP contribution is -1.99. The number of ether oxygens (including phenoxy) is 1. The number of phenols is 1. The highest BCUT2D eigenvalue weighted by Crippen LogP contribution is 2.37. The summed E-state index contributed by atoms with van der Waals surface area (Å²) in [6.07, 6.45) is 5.19. The minimum atomic E-state index is 0.168. The molecular weight excluding hydrogens is 316 g/mol. The second-order valence-corrected chi connectivity index (χ2v) is 5.46. The van der Waals surface area contributed by atoms with Crippen molar-refractivity contribution < 1.29 is 9.84 Å². The number of aromatic hydroxyl groups is 1. The summed E-state index contributed by atoms with van der Waals surface area (Å²) in [7, 11) is 1.63. The van der Waals surface area contributed by atoms with Crippen molar-refractivity contribution in [2.75, 3.05) is 12.4 Å². The topological polar surface area (TPSA) is 71.7 Å². The number of benzene rings is 2. The SMILES string of the molecule is COc1ccccc1Nc1c(-c2ccccc2O)nc2cnccn12. The number of para-hydroxylation sites is 3. The van der Waals surface area contributed by atoms with Crippen LogP contribution in [-0.2, 0) is 0 Å². The normalized spacial score (nSPS) is 10.8. The number of hydrogen-bond acceptors (Lipinski definition) is 5. The highest BCUT2D eigenvalue weighted by molar-refractivity contribution is 5.83. The van der Waals surface area contributed by atoms with Crippen molar-refractivity contribution >= 4 is 17.2 Å². The third-order valence-electron chi connectivity index (χ3n) is 3.95. The molecule has 0 spiro atoms.